The summed E-state index contributed by atoms with van der Waals surface area (Å²) in [5, 5.41) is 6.98. The predicted octanol–water partition coefficient (Wildman–Crippen LogP) is 5.29. The largest absolute Gasteiger partial charge is 0.301 e. The average molecular weight is 514 g/mol. The fourth-order valence-corrected chi connectivity index (χ4v) is 11.3. The maximum Gasteiger partial charge on any atom is 0.191 e. The summed E-state index contributed by atoms with van der Waals surface area (Å²) in [6.07, 6.45) is 2.20. The van der Waals surface area contributed by atoms with Gasteiger partial charge in [-0.3, -0.25) is 0 Å². The molecule has 5 rings (SSSR count). The molecular weight excluding hydrogens is 481 g/mol. The van der Waals surface area contributed by atoms with Gasteiger partial charge in [-0.25, -0.2) is 0 Å². The monoisotopic (exact) mass is 513 g/mol. The fraction of sp³-hybridized carbons (Fsp3) is 0.0882. The molecule has 0 bridgehead atoms. The lowest BCUT2D eigenvalue weighted by Crippen LogP contribution is -2.68. The van der Waals surface area contributed by atoms with Crippen LogP contribution < -0.4 is 26.2 Å². The number of rotatable bonds is 10. The van der Waals surface area contributed by atoms with Gasteiger partial charge < -0.3 is 4.99 Å². The van der Waals surface area contributed by atoms with E-state index in [-0.39, 0.29) is 7.92 Å². The van der Waals surface area contributed by atoms with Crippen LogP contribution in [0.4, 0.5) is 0 Å². The summed E-state index contributed by atoms with van der Waals surface area (Å²) in [7, 11) is -2.80. The first-order valence-corrected chi connectivity index (χ1v) is 16.5. The molecule has 0 aliphatic carbocycles. The van der Waals surface area contributed by atoms with E-state index in [1.165, 1.54) is 26.2 Å². The smallest absolute Gasteiger partial charge is 0.191 e. The van der Waals surface area contributed by atoms with E-state index in [9.17, 15) is 0 Å². The normalized spacial score (nSPS) is 11.7. The van der Waals surface area contributed by atoms with Crippen molar-refractivity contribution in [3.8, 4) is 0 Å². The van der Waals surface area contributed by atoms with Crippen LogP contribution in [-0.4, -0.2) is 26.6 Å². The number of hydrogen-bond donors (Lipinski definition) is 0. The Morgan fingerprint density at radius 1 is 0.486 bits per heavy atom. The minimum Gasteiger partial charge on any atom is -0.301 e. The summed E-state index contributed by atoms with van der Waals surface area (Å²) in [4.78, 5) is 5.18. The second-order valence-electron chi connectivity index (χ2n) is 9.12. The summed E-state index contributed by atoms with van der Waals surface area (Å²) in [5.41, 5.74) is 0. The molecule has 0 heterocycles. The highest BCUT2D eigenvalue weighted by Gasteiger charge is 2.37. The van der Waals surface area contributed by atoms with Gasteiger partial charge in [-0.15, -0.1) is 0 Å². The molecule has 0 aromatic heterocycles. The van der Waals surface area contributed by atoms with E-state index in [4.69, 9.17) is 4.99 Å². The van der Waals surface area contributed by atoms with Gasteiger partial charge in [0.05, 0.1) is 0 Å². The van der Waals surface area contributed by atoms with Crippen LogP contribution in [0.3, 0.4) is 0 Å². The van der Waals surface area contributed by atoms with E-state index >= 15 is 0 Å². The summed E-state index contributed by atoms with van der Waals surface area (Å²) < 4.78 is 0. The highest BCUT2D eigenvalue weighted by Crippen LogP contribution is 2.34. The summed E-state index contributed by atoms with van der Waals surface area (Å²) in [6, 6.07) is 54.9. The lowest BCUT2D eigenvalue weighted by Gasteiger charge is -2.29. The zero-order valence-electron chi connectivity index (χ0n) is 21.0. The highest BCUT2D eigenvalue weighted by atomic mass is 31.1. The first-order valence-electron chi connectivity index (χ1n) is 12.9. The van der Waals surface area contributed by atoms with Crippen molar-refractivity contribution >= 4 is 48.0 Å². The molecule has 0 spiro atoms. The van der Waals surface area contributed by atoms with Crippen molar-refractivity contribution in [2.45, 2.75) is 6.42 Å². The van der Waals surface area contributed by atoms with E-state index < -0.39 is 8.07 Å². The van der Waals surface area contributed by atoms with Crippen molar-refractivity contribution in [3.05, 3.63) is 152 Å². The number of hydrogen-bond acceptors (Lipinski definition) is 1. The van der Waals surface area contributed by atoms with Crippen molar-refractivity contribution < 1.29 is 0 Å². The first kappa shape index (κ1) is 25.1. The van der Waals surface area contributed by atoms with Crippen LogP contribution in [0.5, 0.6) is 0 Å². The van der Waals surface area contributed by atoms with Crippen molar-refractivity contribution in [1.82, 2.24) is 0 Å². The van der Waals surface area contributed by atoms with E-state index in [2.05, 4.69) is 157 Å². The first-order chi connectivity index (χ1) is 18.4. The van der Waals surface area contributed by atoms with Crippen molar-refractivity contribution in [3.63, 3.8) is 0 Å². The van der Waals surface area contributed by atoms with E-state index in [0.29, 0.717) is 0 Å². The zero-order chi connectivity index (χ0) is 25.2. The van der Waals surface area contributed by atoms with Crippen LogP contribution in [0.2, 0.25) is 0 Å². The number of aliphatic imine (C=N–C) groups is 1. The van der Waals surface area contributed by atoms with Gasteiger partial charge in [0.1, 0.15) is 0 Å². The van der Waals surface area contributed by atoms with Crippen LogP contribution in [-0.2, 0) is 0 Å². The van der Waals surface area contributed by atoms with Gasteiger partial charge in [-0.2, -0.15) is 0 Å². The van der Waals surface area contributed by atoms with Crippen LogP contribution >= 0.6 is 7.92 Å². The third-order valence-electron chi connectivity index (χ3n) is 6.78. The molecule has 182 valence electrons. The number of nitrogens with zero attached hydrogens (tertiary/aromatic N) is 1. The van der Waals surface area contributed by atoms with Crippen LogP contribution in [0.15, 0.2) is 157 Å². The molecule has 3 heteroatoms. The number of benzene rings is 5. The Labute approximate surface area is 223 Å². The minimum atomic E-state index is -2.42. The Morgan fingerprint density at radius 2 is 0.838 bits per heavy atom. The topological polar surface area (TPSA) is 12.4 Å². The molecule has 0 aliphatic rings. The Balaban J connectivity index is 1.44. The Morgan fingerprint density at radius 3 is 1.22 bits per heavy atom. The zero-order valence-corrected chi connectivity index (χ0v) is 22.9. The van der Waals surface area contributed by atoms with Gasteiger partial charge in [-0.1, -0.05) is 152 Å². The summed E-state index contributed by atoms with van der Waals surface area (Å²) in [5.74, 6) is 2.33. The maximum absolute atomic E-state index is 5.18. The van der Waals surface area contributed by atoms with Crippen LogP contribution in [0.25, 0.3) is 0 Å². The van der Waals surface area contributed by atoms with Gasteiger partial charge in [0.2, 0.25) is 0 Å². The molecule has 37 heavy (non-hydrogen) atoms. The lowest BCUT2D eigenvalue weighted by atomic mass is 10.3. The van der Waals surface area contributed by atoms with Crippen molar-refractivity contribution in [2.24, 2.45) is 4.99 Å². The molecule has 0 aliphatic heterocycles. The third kappa shape index (κ3) is 5.88. The van der Waals surface area contributed by atoms with Gasteiger partial charge in [-0.05, 0) is 46.7 Å². The average Bonchev–Trinajstić information content (AvgIpc) is 2.99. The highest BCUT2D eigenvalue weighted by molar-refractivity contribution is 7.73. The van der Waals surface area contributed by atoms with Crippen LogP contribution in [0.1, 0.15) is 6.42 Å². The molecule has 0 N–H and O–H groups in total. The Kier molecular flexibility index (Phi) is 8.53. The Bertz CT molecular complexity index is 1240. The molecule has 0 saturated carbocycles. The van der Waals surface area contributed by atoms with Crippen molar-refractivity contribution in [1.29, 1.82) is 0 Å². The summed E-state index contributed by atoms with van der Waals surface area (Å²) >= 11 is 0. The molecule has 1 nitrogen and oxygen atoms in total. The molecule has 5 aromatic carbocycles. The van der Waals surface area contributed by atoms with Crippen molar-refractivity contribution in [2.75, 3.05) is 12.7 Å². The quantitative estimate of drug-likeness (QED) is 0.0791. The fourth-order valence-electron chi connectivity index (χ4n) is 4.97. The van der Waals surface area contributed by atoms with E-state index in [1.807, 2.05) is 0 Å². The molecule has 0 fully saturated rings. The van der Waals surface area contributed by atoms with Gasteiger partial charge in [0.15, 0.2) is 8.07 Å². The molecule has 5 aromatic rings. The molecule has 0 atom stereocenters. The molecule has 0 amide bonds. The molecule has 0 saturated heterocycles. The summed E-state index contributed by atoms with van der Waals surface area (Å²) in [6.45, 7) is 0.833. The molecule has 0 radical (unpaired) electrons. The molecule has 0 unspecified atom stereocenters. The van der Waals surface area contributed by atoms with Crippen LogP contribution in [0, 0.1) is 0 Å². The predicted molar refractivity (Wildman–Crippen MR) is 166 cm³/mol. The lowest BCUT2D eigenvalue weighted by molar-refractivity contribution is 0.946. The second kappa shape index (κ2) is 12.6. The standard InChI is InChI=1S/C34H32NPSi/c1-6-17-30(18-7-1)36(31-19-8-2-9-20-31)28-16-27-35-29-37(32-21-10-3-11-22-32,33-23-12-4-13-24-33)34-25-14-5-15-26-34/h1-15,17-26,29H,16,27-28H2. The molecular formula is C34H32NPSi. The minimum absolute atomic E-state index is 0.390. The van der Waals surface area contributed by atoms with E-state index in [1.54, 1.807) is 0 Å². The maximum atomic E-state index is 5.18. The van der Waals surface area contributed by atoms with Gasteiger partial charge >= 0.3 is 0 Å². The van der Waals surface area contributed by atoms with Gasteiger partial charge in [0.25, 0.3) is 0 Å². The van der Waals surface area contributed by atoms with Gasteiger partial charge in [0, 0.05) is 12.4 Å². The SMILES string of the molecule is C(=NCCCP(c1ccccc1)c1ccccc1)[Si](c1ccccc1)(c1ccccc1)c1ccccc1. The third-order valence-corrected chi connectivity index (χ3v) is 13.7. The Hall–Kier alpha value is -3.58. The second-order valence-corrected chi connectivity index (χ2v) is 15.1. The van der Waals surface area contributed by atoms with E-state index in [0.717, 1.165) is 19.1 Å².